The van der Waals surface area contributed by atoms with Crippen LogP contribution in [0.15, 0.2) is 12.2 Å². The SMILES string of the molecule is C=C(CNC)C(C)(C)C. The van der Waals surface area contributed by atoms with Gasteiger partial charge in [-0.2, -0.15) is 0 Å². The average Bonchev–Trinajstić information content (AvgIpc) is 1.64. The van der Waals surface area contributed by atoms with Gasteiger partial charge in [0.15, 0.2) is 0 Å². The predicted molar refractivity (Wildman–Crippen MR) is 42.5 cm³/mol. The Morgan fingerprint density at radius 1 is 1.44 bits per heavy atom. The number of likely N-dealkylation sites (N-methyl/N-ethyl adjacent to an activating group) is 1. The van der Waals surface area contributed by atoms with Crippen LogP contribution in [0.4, 0.5) is 0 Å². The molecule has 0 bridgehead atoms. The highest BCUT2D eigenvalue weighted by Crippen LogP contribution is 2.21. The molecular formula is C8H17N. The number of hydrogen-bond acceptors (Lipinski definition) is 1. The lowest BCUT2D eigenvalue weighted by atomic mass is 9.88. The summed E-state index contributed by atoms with van der Waals surface area (Å²) in [5, 5.41) is 3.07. The first-order valence-electron chi connectivity index (χ1n) is 3.31. The van der Waals surface area contributed by atoms with E-state index in [0.717, 1.165) is 6.54 Å². The minimum atomic E-state index is 0.253. The normalized spacial score (nSPS) is 11.6. The molecular weight excluding hydrogens is 110 g/mol. The van der Waals surface area contributed by atoms with Gasteiger partial charge in [0.25, 0.3) is 0 Å². The summed E-state index contributed by atoms with van der Waals surface area (Å²) in [6.45, 7) is 11.4. The third kappa shape index (κ3) is 3.31. The smallest absolute Gasteiger partial charge is 0.0164 e. The van der Waals surface area contributed by atoms with E-state index in [2.05, 4.69) is 32.7 Å². The standard InChI is InChI=1S/C8H17N/c1-7(6-9-5)8(2,3)4/h9H,1,6H2,2-5H3. The van der Waals surface area contributed by atoms with E-state index in [9.17, 15) is 0 Å². The van der Waals surface area contributed by atoms with E-state index in [0.29, 0.717) is 0 Å². The molecule has 0 unspecified atom stereocenters. The van der Waals surface area contributed by atoms with Gasteiger partial charge in [0.05, 0.1) is 0 Å². The Kier molecular flexibility index (Phi) is 2.92. The zero-order valence-corrected chi connectivity index (χ0v) is 6.91. The summed E-state index contributed by atoms with van der Waals surface area (Å²) in [6, 6.07) is 0. The zero-order valence-electron chi connectivity index (χ0n) is 6.91. The van der Waals surface area contributed by atoms with Crippen LogP contribution < -0.4 is 5.32 Å². The molecule has 1 N–H and O–H groups in total. The maximum Gasteiger partial charge on any atom is 0.0164 e. The number of rotatable bonds is 2. The Morgan fingerprint density at radius 3 is 2.00 bits per heavy atom. The van der Waals surface area contributed by atoms with Crippen molar-refractivity contribution in [3.63, 3.8) is 0 Å². The van der Waals surface area contributed by atoms with Gasteiger partial charge in [-0.1, -0.05) is 32.9 Å². The highest BCUT2D eigenvalue weighted by Gasteiger charge is 2.12. The summed E-state index contributed by atoms with van der Waals surface area (Å²) in [4.78, 5) is 0. The van der Waals surface area contributed by atoms with Gasteiger partial charge in [0.2, 0.25) is 0 Å². The zero-order chi connectivity index (χ0) is 7.49. The Bertz CT molecular complexity index is 97.6. The van der Waals surface area contributed by atoms with Crippen LogP contribution in [-0.2, 0) is 0 Å². The van der Waals surface area contributed by atoms with Crippen molar-refractivity contribution in [1.29, 1.82) is 0 Å². The molecule has 0 amide bonds. The fourth-order valence-electron chi connectivity index (χ4n) is 0.479. The largest absolute Gasteiger partial charge is 0.316 e. The van der Waals surface area contributed by atoms with E-state index in [1.807, 2.05) is 7.05 Å². The van der Waals surface area contributed by atoms with E-state index in [1.54, 1.807) is 0 Å². The molecule has 1 heteroatoms. The molecule has 0 spiro atoms. The molecule has 0 aromatic rings. The van der Waals surface area contributed by atoms with Crippen molar-refractivity contribution >= 4 is 0 Å². The van der Waals surface area contributed by atoms with Crippen molar-refractivity contribution in [2.24, 2.45) is 5.41 Å². The molecule has 0 heterocycles. The maximum absolute atomic E-state index is 3.95. The molecule has 0 aliphatic carbocycles. The minimum Gasteiger partial charge on any atom is -0.316 e. The van der Waals surface area contributed by atoms with Gasteiger partial charge in [-0.25, -0.2) is 0 Å². The maximum atomic E-state index is 3.95. The first kappa shape index (κ1) is 8.70. The third-order valence-corrected chi connectivity index (χ3v) is 1.45. The number of hydrogen-bond donors (Lipinski definition) is 1. The summed E-state index contributed by atoms with van der Waals surface area (Å²) in [5.74, 6) is 0. The van der Waals surface area contributed by atoms with Crippen molar-refractivity contribution < 1.29 is 0 Å². The molecule has 0 saturated heterocycles. The lowest BCUT2D eigenvalue weighted by Gasteiger charge is -2.21. The van der Waals surface area contributed by atoms with Gasteiger partial charge >= 0.3 is 0 Å². The van der Waals surface area contributed by atoms with Crippen LogP contribution in [0, 0.1) is 5.41 Å². The predicted octanol–water partition coefficient (Wildman–Crippen LogP) is 1.81. The Morgan fingerprint density at radius 2 is 1.89 bits per heavy atom. The molecule has 0 rings (SSSR count). The van der Waals surface area contributed by atoms with E-state index in [-0.39, 0.29) is 5.41 Å². The quantitative estimate of drug-likeness (QED) is 0.558. The van der Waals surface area contributed by atoms with Crippen molar-refractivity contribution in [3.8, 4) is 0 Å². The summed E-state index contributed by atoms with van der Waals surface area (Å²) in [5.41, 5.74) is 1.51. The van der Waals surface area contributed by atoms with Gasteiger partial charge < -0.3 is 5.32 Å². The lowest BCUT2D eigenvalue weighted by molar-refractivity contribution is 0.488. The van der Waals surface area contributed by atoms with Gasteiger partial charge in [-0.15, -0.1) is 0 Å². The van der Waals surface area contributed by atoms with E-state index in [4.69, 9.17) is 0 Å². The van der Waals surface area contributed by atoms with Crippen LogP contribution >= 0.6 is 0 Å². The average molecular weight is 127 g/mol. The molecule has 0 fully saturated rings. The molecule has 0 atom stereocenters. The van der Waals surface area contributed by atoms with Gasteiger partial charge in [0, 0.05) is 6.54 Å². The van der Waals surface area contributed by atoms with Crippen LogP contribution in [-0.4, -0.2) is 13.6 Å². The van der Waals surface area contributed by atoms with Crippen molar-refractivity contribution in [2.75, 3.05) is 13.6 Å². The third-order valence-electron chi connectivity index (χ3n) is 1.45. The molecule has 0 saturated carbocycles. The lowest BCUT2D eigenvalue weighted by Crippen LogP contribution is -2.19. The summed E-state index contributed by atoms with van der Waals surface area (Å²) in [6.07, 6.45) is 0. The Labute approximate surface area is 58.2 Å². The first-order chi connectivity index (χ1) is 3.98. The molecule has 9 heavy (non-hydrogen) atoms. The van der Waals surface area contributed by atoms with Gasteiger partial charge in [-0.05, 0) is 12.5 Å². The van der Waals surface area contributed by atoms with Crippen LogP contribution in [0.5, 0.6) is 0 Å². The second kappa shape index (κ2) is 3.02. The molecule has 0 aromatic carbocycles. The van der Waals surface area contributed by atoms with Gasteiger partial charge in [-0.3, -0.25) is 0 Å². The van der Waals surface area contributed by atoms with E-state index < -0.39 is 0 Å². The highest BCUT2D eigenvalue weighted by atomic mass is 14.8. The van der Waals surface area contributed by atoms with Crippen molar-refractivity contribution in [3.05, 3.63) is 12.2 Å². The molecule has 0 radical (unpaired) electrons. The molecule has 0 aliphatic heterocycles. The van der Waals surface area contributed by atoms with Crippen LogP contribution in [0.1, 0.15) is 20.8 Å². The fourth-order valence-corrected chi connectivity index (χ4v) is 0.479. The minimum absolute atomic E-state index is 0.253. The van der Waals surface area contributed by atoms with Crippen LogP contribution in [0.3, 0.4) is 0 Å². The Hall–Kier alpha value is -0.300. The van der Waals surface area contributed by atoms with Crippen molar-refractivity contribution in [1.82, 2.24) is 5.32 Å². The second-order valence-electron chi connectivity index (χ2n) is 3.38. The van der Waals surface area contributed by atoms with E-state index in [1.165, 1.54) is 5.57 Å². The topological polar surface area (TPSA) is 12.0 Å². The summed E-state index contributed by atoms with van der Waals surface area (Å²) >= 11 is 0. The summed E-state index contributed by atoms with van der Waals surface area (Å²) < 4.78 is 0. The van der Waals surface area contributed by atoms with Gasteiger partial charge in [0.1, 0.15) is 0 Å². The molecule has 0 aliphatic rings. The second-order valence-corrected chi connectivity index (χ2v) is 3.38. The van der Waals surface area contributed by atoms with Crippen LogP contribution in [0.2, 0.25) is 0 Å². The molecule has 54 valence electrons. The van der Waals surface area contributed by atoms with Crippen LogP contribution in [0.25, 0.3) is 0 Å². The molecule has 0 aromatic heterocycles. The monoisotopic (exact) mass is 127 g/mol. The fraction of sp³-hybridized carbons (Fsp3) is 0.750. The number of nitrogens with one attached hydrogen (secondary N) is 1. The molecule has 1 nitrogen and oxygen atoms in total. The summed E-state index contributed by atoms with van der Waals surface area (Å²) in [7, 11) is 1.94. The highest BCUT2D eigenvalue weighted by molar-refractivity contribution is 5.06. The first-order valence-corrected chi connectivity index (χ1v) is 3.31. The van der Waals surface area contributed by atoms with E-state index >= 15 is 0 Å². The van der Waals surface area contributed by atoms with Crippen molar-refractivity contribution in [2.45, 2.75) is 20.8 Å². The Balaban J connectivity index is 3.74.